The summed E-state index contributed by atoms with van der Waals surface area (Å²) in [6, 6.07) is 0.577. The van der Waals surface area contributed by atoms with Crippen LogP contribution in [0.25, 0.3) is 0 Å². The molecule has 1 N–H and O–H groups in total. The van der Waals surface area contributed by atoms with Gasteiger partial charge >= 0.3 is 0 Å². The molecule has 2 unspecified atom stereocenters. The molecule has 1 rings (SSSR count). The van der Waals surface area contributed by atoms with Crippen molar-refractivity contribution in [3.63, 3.8) is 0 Å². The van der Waals surface area contributed by atoms with Gasteiger partial charge in [0.2, 0.25) is 0 Å². The predicted molar refractivity (Wildman–Crippen MR) is 96.4 cm³/mol. The molecule has 0 amide bonds. The number of nitrogens with one attached hydrogen (secondary N) is 1. The van der Waals surface area contributed by atoms with Crippen LogP contribution in [0, 0.1) is 0 Å². The normalized spacial score (nSPS) is 23.1. The van der Waals surface area contributed by atoms with Crippen molar-refractivity contribution in [3.05, 3.63) is 0 Å². The molecule has 0 heterocycles. The summed E-state index contributed by atoms with van der Waals surface area (Å²) < 4.78 is 0. The Balaban J connectivity index is 1.83. The molecule has 0 bridgehead atoms. The average molecular weight is 316 g/mol. The number of halogens is 1. The number of alkyl halides is 1. The molecule has 1 fully saturated rings. The molecule has 0 aromatic carbocycles. The molecule has 0 aromatic rings. The van der Waals surface area contributed by atoms with Crippen LogP contribution in [0.3, 0.4) is 0 Å². The molecule has 0 aromatic heterocycles. The summed E-state index contributed by atoms with van der Waals surface area (Å²) in [6.45, 7) is 3.46. The predicted octanol–water partition coefficient (Wildman–Crippen LogP) is 6.44. The first-order valence-electron chi connectivity index (χ1n) is 9.72. The van der Waals surface area contributed by atoms with Gasteiger partial charge in [-0.2, -0.15) is 0 Å². The lowest BCUT2D eigenvalue weighted by Crippen LogP contribution is -2.36. The van der Waals surface area contributed by atoms with Crippen LogP contribution in [-0.4, -0.2) is 18.0 Å². The minimum Gasteiger partial charge on any atom is -0.313 e. The Morgan fingerprint density at radius 2 is 1.33 bits per heavy atom. The van der Waals surface area contributed by atoms with Crippen LogP contribution in [0.4, 0.5) is 0 Å². The van der Waals surface area contributed by atoms with E-state index >= 15 is 0 Å². The third-order valence-corrected chi connectivity index (χ3v) is 5.39. The van der Waals surface area contributed by atoms with E-state index < -0.39 is 0 Å². The van der Waals surface area contributed by atoms with Crippen molar-refractivity contribution in [1.82, 2.24) is 5.32 Å². The number of rotatable bonds is 12. The smallest absolute Gasteiger partial charge is 0.0489 e. The molecule has 1 aliphatic rings. The molecule has 0 spiro atoms. The fraction of sp³-hybridized carbons (Fsp3) is 1.00. The third-order valence-electron chi connectivity index (χ3n) is 4.87. The molecule has 2 heteroatoms. The molecule has 1 aliphatic carbocycles. The second kappa shape index (κ2) is 13.9. The van der Waals surface area contributed by atoms with E-state index in [1.165, 1.54) is 103 Å². The topological polar surface area (TPSA) is 12.0 Å². The zero-order chi connectivity index (χ0) is 15.2. The van der Waals surface area contributed by atoms with Crippen LogP contribution >= 0.6 is 11.6 Å². The maximum absolute atomic E-state index is 6.46. The summed E-state index contributed by atoms with van der Waals surface area (Å²) in [4.78, 5) is 0. The number of hydrogen-bond donors (Lipinski definition) is 1. The van der Waals surface area contributed by atoms with E-state index in [0.717, 1.165) is 0 Å². The SMILES string of the molecule is CCCCCCCCCCCCNC1CCCCCC1Cl. The third kappa shape index (κ3) is 10.6. The second-order valence-corrected chi connectivity index (χ2v) is 7.46. The summed E-state index contributed by atoms with van der Waals surface area (Å²) in [7, 11) is 0. The monoisotopic (exact) mass is 315 g/mol. The minimum atomic E-state index is 0.371. The van der Waals surface area contributed by atoms with E-state index in [1.807, 2.05) is 0 Å². The maximum Gasteiger partial charge on any atom is 0.0489 e. The average Bonchev–Trinajstić information content (AvgIpc) is 2.69. The maximum atomic E-state index is 6.46. The Labute approximate surface area is 138 Å². The van der Waals surface area contributed by atoms with Crippen molar-refractivity contribution in [2.75, 3.05) is 6.54 Å². The van der Waals surface area contributed by atoms with Crippen LogP contribution in [0.5, 0.6) is 0 Å². The first kappa shape index (κ1) is 19.3. The Kier molecular flexibility index (Phi) is 12.8. The molecule has 1 saturated carbocycles. The van der Waals surface area contributed by atoms with Crippen molar-refractivity contribution in [2.45, 2.75) is 115 Å². The minimum absolute atomic E-state index is 0.371. The van der Waals surface area contributed by atoms with E-state index in [1.54, 1.807) is 0 Å². The van der Waals surface area contributed by atoms with Crippen molar-refractivity contribution in [2.24, 2.45) is 0 Å². The molecule has 2 atom stereocenters. The molecule has 21 heavy (non-hydrogen) atoms. The van der Waals surface area contributed by atoms with Crippen molar-refractivity contribution >= 4 is 11.6 Å². The lowest BCUT2D eigenvalue weighted by molar-refractivity contribution is 0.451. The summed E-state index contributed by atoms with van der Waals surface area (Å²) >= 11 is 6.46. The zero-order valence-electron chi connectivity index (χ0n) is 14.3. The standard InChI is InChI=1S/C19H38ClN/c1-2-3-4-5-6-7-8-9-10-14-17-21-19-16-13-11-12-15-18(19)20/h18-19,21H,2-17H2,1H3. The molecule has 1 nitrogen and oxygen atoms in total. The van der Waals surface area contributed by atoms with Crippen LogP contribution in [-0.2, 0) is 0 Å². The van der Waals surface area contributed by atoms with E-state index in [9.17, 15) is 0 Å². The lowest BCUT2D eigenvalue weighted by atomic mass is 10.1. The van der Waals surface area contributed by atoms with Crippen LogP contribution in [0.2, 0.25) is 0 Å². The van der Waals surface area contributed by atoms with Gasteiger partial charge in [0, 0.05) is 11.4 Å². The van der Waals surface area contributed by atoms with Gasteiger partial charge in [0.25, 0.3) is 0 Å². The van der Waals surface area contributed by atoms with E-state index in [4.69, 9.17) is 11.6 Å². The quantitative estimate of drug-likeness (QED) is 0.248. The highest BCUT2D eigenvalue weighted by Crippen LogP contribution is 2.22. The molecular weight excluding hydrogens is 278 g/mol. The number of unbranched alkanes of at least 4 members (excludes halogenated alkanes) is 9. The van der Waals surface area contributed by atoms with Gasteiger partial charge in [0.1, 0.15) is 0 Å². The van der Waals surface area contributed by atoms with E-state index in [0.29, 0.717) is 11.4 Å². The molecule has 126 valence electrons. The highest BCUT2D eigenvalue weighted by atomic mass is 35.5. The zero-order valence-corrected chi connectivity index (χ0v) is 15.1. The van der Waals surface area contributed by atoms with Gasteiger partial charge in [0.15, 0.2) is 0 Å². The van der Waals surface area contributed by atoms with Gasteiger partial charge in [-0.05, 0) is 25.8 Å². The van der Waals surface area contributed by atoms with E-state index in [2.05, 4.69) is 12.2 Å². The van der Waals surface area contributed by atoms with Gasteiger partial charge in [0.05, 0.1) is 0 Å². The van der Waals surface area contributed by atoms with E-state index in [-0.39, 0.29) is 0 Å². The van der Waals surface area contributed by atoms with Gasteiger partial charge in [-0.25, -0.2) is 0 Å². The Morgan fingerprint density at radius 3 is 2.00 bits per heavy atom. The van der Waals surface area contributed by atoms with Crippen LogP contribution in [0.1, 0.15) is 103 Å². The van der Waals surface area contributed by atoms with Crippen molar-refractivity contribution < 1.29 is 0 Å². The Morgan fingerprint density at radius 1 is 0.762 bits per heavy atom. The first-order valence-corrected chi connectivity index (χ1v) is 10.2. The van der Waals surface area contributed by atoms with Crippen LogP contribution < -0.4 is 5.32 Å². The van der Waals surface area contributed by atoms with Crippen molar-refractivity contribution in [1.29, 1.82) is 0 Å². The van der Waals surface area contributed by atoms with Gasteiger partial charge < -0.3 is 5.32 Å². The molecule has 0 radical (unpaired) electrons. The second-order valence-electron chi connectivity index (χ2n) is 6.90. The largest absolute Gasteiger partial charge is 0.313 e. The summed E-state index contributed by atoms with van der Waals surface area (Å²) in [5, 5.41) is 4.08. The number of hydrogen-bond acceptors (Lipinski definition) is 1. The van der Waals surface area contributed by atoms with Gasteiger partial charge in [-0.15, -0.1) is 11.6 Å². The molecular formula is C19H38ClN. The molecule has 0 aliphatic heterocycles. The Bertz CT molecular complexity index is 220. The fourth-order valence-corrected chi connectivity index (χ4v) is 3.76. The Hall–Kier alpha value is 0.250. The highest BCUT2D eigenvalue weighted by molar-refractivity contribution is 6.21. The van der Waals surface area contributed by atoms with Gasteiger partial charge in [-0.3, -0.25) is 0 Å². The first-order chi connectivity index (χ1) is 10.3. The van der Waals surface area contributed by atoms with Crippen LogP contribution in [0.15, 0.2) is 0 Å². The highest BCUT2D eigenvalue weighted by Gasteiger charge is 2.20. The summed E-state index contributed by atoms with van der Waals surface area (Å²) in [6.07, 6.45) is 20.7. The summed E-state index contributed by atoms with van der Waals surface area (Å²) in [5.74, 6) is 0. The van der Waals surface area contributed by atoms with Crippen molar-refractivity contribution in [3.8, 4) is 0 Å². The lowest BCUT2D eigenvalue weighted by Gasteiger charge is -2.21. The summed E-state index contributed by atoms with van der Waals surface area (Å²) in [5.41, 5.74) is 0. The van der Waals surface area contributed by atoms with Gasteiger partial charge in [-0.1, -0.05) is 84.0 Å². The fourth-order valence-electron chi connectivity index (χ4n) is 3.39. The molecule has 0 saturated heterocycles.